The zero-order valence-corrected chi connectivity index (χ0v) is 21.6. The summed E-state index contributed by atoms with van der Waals surface area (Å²) in [6.45, 7) is 4.40. The molecule has 5 aromatic rings. The molecule has 2 aromatic carbocycles. The minimum absolute atomic E-state index is 0.381. The molecule has 0 nitrogen and oxygen atoms in total. The lowest BCUT2D eigenvalue weighted by Gasteiger charge is -2.19. The molecule has 0 N–H and O–H groups in total. The lowest BCUT2D eigenvalue weighted by Crippen LogP contribution is -2.14. The summed E-state index contributed by atoms with van der Waals surface area (Å²) >= 11 is 5.78. The fourth-order valence-corrected chi connectivity index (χ4v) is 9.44. The van der Waals surface area contributed by atoms with E-state index in [0.717, 1.165) is 6.42 Å². The highest BCUT2D eigenvalue weighted by Gasteiger charge is 2.18. The summed E-state index contributed by atoms with van der Waals surface area (Å²) in [6, 6.07) is 33.7. The third kappa shape index (κ3) is 4.82. The van der Waals surface area contributed by atoms with Crippen LogP contribution in [0.1, 0.15) is 15.3 Å². The summed E-state index contributed by atoms with van der Waals surface area (Å²) in [6.07, 6.45) is 2.27. The maximum Gasteiger partial charge on any atom is 0.0481 e. The molecule has 0 aliphatic heterocycles. The highest BCUT2D eigenvalue weighted by molar-refractivity contribution is 7.73. The number of benzene rings is 2. The second-order valence-electron chi connectivity index (χ2n) is 7.86. The van der Waals surface area contributed by atoms with Crippen LogP contribution in [0.2, 0.25) is 0 Å². The van der Waals surface area contributed by atoms with Crippen molar-refractivity contribution in [2.24, 2.45) is 0 Å². The Morgan fingerprint density at radius 1 is 0.594 bits per heavy atom. The van der Waals surface area contributed by atoms with Gasteiger partial charge in [0.1, 0.15) is 0 Å². The van der Waals surface area contributed by atoms with Gasteiger partial charge in [-0.2, -0.15) is 0 Å². The molecule has 3 heterocycles. The first kappa shape index (κ1) is 21.8. The Morgan fingerprint density at radius 3 is 1.69 bits per heavy atom. The highest BCUT2D eigenvalue weighted by atomic mass is 32.1. The molecule has 0 saturated carbocycles. The molecule has 0 aliphatic rings. The quantitative estimate of drug-likeness (QED) is 0.201. The maximum absolute atomic E-state index is 2.46. The summed E-state index contributed by atoms with van der Waals surface area (Å²) in [5.74, 6) is 0. The van der Waals surface area contributed by atoms with Gasteiger partial charge in [-0.1, -0.05) is 60.7 Å². The molecule has 0 amide bonds. The van der Waals surface area contributed by atoms with Gasteiger partial charge in [-0.25, -0.2) is 0 Å². The van der Waals surface area contributed by atoms with Crippen LogP contribution in [-0.4, -0.2) is 6.16 Å². The SMILES string of the molecule is Cc1ccc(-c2cc(CCP(c3ccccc3)c3ccccc3)c(-c3ccc(C)s3)s2)s1. The van der Waals surface area contributed by atoms with Gasteiger partial charge in [0.2, 0.25) is 0 Å². The van der Waals surface area contributed by atoms with Crippen LogP contribution in [0.15, 0.2) is 91.0 Å². The molecule has 0 spiro atoms. The molecule has 0 radical (unpaired) electrons. The molecule has 0 bridgehead atoms. The number of aryl methyl sites for hydroxylation is 3. The van der Waals surface area contributed by atoms with E-state index in [9.17, 15) is 0 Å². The predicted molar refractivity (Wildman–Crippen MR) is 148 cm³/mol. The van der Waals surface area contributed by atoms with Crippen molar-refractivity contribution in [3.05, 3.63) is 106 Å². The Kier molecular flexibility index (Phi) is 6.71. The monoisotopic (exact) mass is 488 g/mol. The summed E-state index contributed by atoms with van der Waals surface area (Å²) in [5.41, 5.74) is 1.50. The fraction of sp³-hybridized carbons (Fsp3) is 0.143. The molecule has 0 saturated heterocycles. The zero-order chi connectivity index (χ0) is 21.9. The van der Waals surface area contributed by atoms with E-state index < -0.39 is 0 Å². The van der Waals surface area contributed by atoms with Crippen molar-refractivity contribution >= 4 is 52.5 Å². The third-order valence-corrected chi connectivity index (χ3v) is 11.6. The van der Waals surface area contributed by atoms with Crippen LogP contribution in [0.4, 0.5) is 0 Å². The standard InChI is InChI=1S/C28H25PS3/c1-20-13-15-25(30-20)27-19-22(28(32-27)26-16-14-21(2)31-26)17-18-29(23-9-5-3-6-10-23)24-11-7-4-8-12-24/h3-16,19H,17-18H2,1-2H3. The smallest absolute Gasteiger partial charge is 0.0481 e. The Hall–Kier alpha value is -2.03. The van der Waals surface area contributed by atoms with Crippen molar-refractivity contribution in [3.8, 4) is 19.5 Å². The largest absolute Gasteiger partial charge is 0.140 e. The van der Waals surface area contributed by atoms with Crippen molar-refractivity contribution in [2.45, 2.75) is 20.3 Å². The van der Waals surface area contributed by atoms with Gasteiger partial charge < -0.3 is 0 Å². The molecule has 4 heteroatoms. The first-order chi connectivity index (χ1) is 15.7. The fourth-order valence-electron chi connectivity index (χ4n) is 3.92. The molecule has 0 aliphatic carbocycles. The van der Waals surface area contributed by atoms with E-state index in [0.29, 0.717) is 0 Å². The van der Waals surface area contributed by atoms with E-state index >= 15 is 0 Å². The summed E-state index contributed by atoms with van der Waals surface area (Å²) in [7, 11) is -0.381. The minimum Gasteiger partial charge on any atom is -0.140 e. The topological polar surface area (TPSA) is 0 Å². The van der Waals surface area contributed by atoms with Crippen molar-refractivity contribution in [2.75, 3.05) is 6.16 Å². The van der Waals surface area contributed by atoms with Gasteiger partial charge in [-0.05, 0) is 80.9 Å². The van der Waals surface area contributed by atoms with E-state index in [4.69, 9.17) is 0 Å². The van der Waals surface area contributed by atoms with Gasteiger partial charge in [0.15, 0.2) is 0 Å². The van der Waals surface area contributed by atoms with Gasteiger partial charge in [0.25, 0.3) is 0 Å². The minimum atomic E-state index is -0.381. The number of hydrogen-bond donors (Lipinski definition) is 0. The molecule has 32 heavy (non-hydrogen) atoms. The van der Waals surface area contributed by atoms with E-state index in [1.54, 1.807) is 0 Å². The number of hydrogen-bond acceptors (Lipinski definition) is 3. The molecule has 0 fully saturated rings. The van der Waals surface area contributed by atoms with Crippen LogP contribution >= 0.6 is 41.9 Å². The Bertz CT molecular complexity index is 1260. The average molecular weight is 489 g/mol. The highest BCUT2D eigenvalue weighted by Crippen LogP contribution is 2.44. The molecule has 5 rings (SSSR count). The van der Waals surface area contributed by atoms with Crippen molar-refractivity contribution < 1.29 is 0 Å². The summed E-state index contributed by atoms with van der Waals surface area (Å²) in [5, 5.41) is 2.93. The van der Waals surface area contributed by atoms with Crippen molar-refractivity contribution in [3.63, 3.8) is 0 Å². The van der Waals surface area contributed by atoms with Crippen molar-refractivity contribution in [1.82, 2.24) is 0 Å². The Balaban J connectivity index is 1.50. The lowest BCUT2D eigenvalue weighted by molar-refractivity contribution is 1.17. The lowest BCUT2D eigenvalue weighted by atomic mass is 10.1. The van der Waals surface area contributed by atoms with Crippen LogP contribution in [0.3, 0.4) is 0 Å². The third-order valence-electron chi connectivity index (χ3n) is 5.50. The van der Waals surface area contributed by atoms with Gasteiger partial charge >= 0.3 is 0 Å². The van der Waals surface area contributed by atoms with Crippen LogP contribution in [0.25, 0.3) is 19.5 Å². The molecule has 0 unspecified atom stereocenters. The molecule has 3 aromatic heterocycles. The average Bonchev–Trinajstić information content (AvgIpc) is 3.55. The molecular formula is C28H25PS3. The van der Waals surface area contributed by atoms with E-state index in [-0.39, 0.29) is 7.92 Å². The normalized spacial score (nSPS) is 11.3. The summed E-state index contributed by atoms with van der Waals surface area (Å²) in [4.78, 5) is 8.42. The zero-order valence-electron chi connectivity index (χ0n) is 18.2. The number of thiophene rings is 3. The van der Waals surface area contributed by atoms with Gasteiger partial charge in [0, 0.05) is 29.3 Å². The van der Waals surface area contributed by atoms with Crippen LogP contribution in [0.5, 0.6) is 0 Å². The van der Waals surface area contributed by atoms with Crippen LogP contribution in [-0.2, 0) is 6.42 Å². The Labute approximate surface area is 204 Å². The van der Waals surface area contributed by atoms with Crippen LogP contribution < -0.4 is 10.6 Å². The number of rotatable bonds is 7. The van der Waals surface area contributed by atoms with Gasteiger partial charge in [-0.3, -0.25) is 0 Å². The molecular weight excluding hydrogens is 463 g/mol. The predicted octanol–water partition coefficient (Wildman–Crippen LogP) is 8.50. The van der Waals surface area contributed by atoms with Crippen molar-refractivity contribution in [1.29, 1.82) is 0 Å². The van der Waals surface area contributed by atoms with E-state index in [2.05, 4.69) is 105 Å². The van der Waals surface area contributed by atoms with Gasteiger partial charge in [-0.15, -0.1) is 34.0 Å². The second kappa shape index (κ2) is 9.85. The Morgan fingerprint density at radius 2 is 1.16 bits per heavy atom. The van der Waals surface area contributed by atoms with Crippen LogP contribution in [0, 0.1) is 13.8 Å². The second-order valence-corrected chi connectivity index (χ2v) is 13.8. The first-order valence-electron chi connectivity index (χ1n) is 10.8. The molecule has 160 valence electrons. The van der Waals surface area contributed by atoms with E-state index in [1.807, 2.05) is 34.0 Å². The first-order valence-corrected chi connectivity index (χ1v) is 14.8. The van der Waals surface area contributed by atoms with E-state index in [1.165, 1.54) is 51.6 Å². The summed E-state index contributed by atoms with van der Waals surface area (Å²) < 4.78 is 0. The molecule has 0 atom stereocenters. The maximum atomic E-state index is 2.46. The van der Waals surface area contributed by atoms with Gasteiger partial charge in [0.05, 0.1) is 0 Å².